The number of benzene rings is 1. The zero-order chi connectivity index (χ0) is 15.3. The molecule has 3 N–H and O–H groups in total. The molecule has 1 aliphatic rings. The largest absolute Gasteiger partial charge is 0.398 e. The lowest BCUT2D eigenvalue weighted by Gasteiger charge is -2.26. The maximum absolute atomic E-state index is 12.2. The number of nitrogens with zero attached hydrogens (tertiary/aromatic N) is 1. The van der Waals surface area contributed by atoms with Gasteiger partial charge >= 0.3 is 0 Å². The predicted molar refractivity (Wildman–Crippen MR) is 85.7 cm³/mol. The van der Waals surface area contributed by atoms with Gasteiger partial charge in [0.15, 0.2) is 0 Å². The minimum Gasteiger partial charge on any atom is -0.398 e. The smallest absolute Gasteiger partial charge is 0.240 e. The second-order valence-electron chi connectivity index (χ2n) is 5.51. The van der Waals surface area contributed by atoms with Gasteiger partial charge in [-0.2, -0.15) is 0 Å². The van der Waals surface area contributed by atoms with Crippen molar-refractivity contribution in [3.05, 3.63) is 23.8 Å². The summed E-state index contributed by atoms with van der Waals surface area (Å²) in [6, 6.07) is 4.95. The van der Waals surface area contributed by atoms with Crippen molar-refractivity contribution in [3.8, 4) is 0 Å². The minimum absolute atomic E-state index is 0.246. The van der Waals surface area contributed by atoms with Crippen molar-refractivity contribution < 1.29 is 8.42 Å². The molecule has 1 aromatic rings. The highest BCUT2D eigenvalue weighted by atomic mass is 32.2. The Labute approximate surface area is 127 Å². The Morgan fingerprint density at radius 3 is 2.57 bits per heavy atom. The standard InChI is InChI=1S/C15H25N3O2S/c1-2-13-6-7-14(12-15(13)16)21(19,20)17-8-11-18-9-4-3-5-10-18/h6-7,12,17H,2-5,8-11,16H2,1H3. The molecule has 6 heteroatoms. The highest BCUT2D eigenvalue weighted by Crippen LogP contribution is 2.18. The van der Waals surface area contributed by atoms with Gasteiger partial charge in [0, 0.05) is 18.8 Å². The molecule has 0 saturated carbocycles. The quantitative estimate of drug-likeness (QED) is 0.782. The lowest BCUT2D eigenvalue weighted by molar-refractivity contribution is 0.233. The molecule has 0 unspecified atom stereocenters. The summed E-state index contributed by atoms with van der Waals surface area (Å²) in [6.07, 6.45) is 4.50. The maximum atomic E-state index is 12.2. The van der Waals surface area contributed by atoms with Crippen molar-refractivity contribution in [2.24, 2.45) is 0 Å². The summed E-state index contributed by atoms with van der Waals surface area (Å²) in [4.78, 5) is 2.55. The van der Waals surface area contributed by atoms with E-state index in [4.69, 9.17) is 5.73 Å². The normalized spacial score (nSPS) is 17.0. The molecule has 1 aromatic carbocycles. The average molecular weight is 311 g/mol. The Bertz CT molecular complexity index is 566. The zero-order valence-electron chi connectivity index (χ0n) is 12.6. The number of hydrogen-bond donors (Lipinski definition) is 2. The highest BCUT2D eigenvalue weighted by Gasteiger charge is 2.16. The van der Waals surface area contributed by atoms with Crippen LogP contribution in [0.5, 0.6) is 0 Å². The van der Waals surface area contributed by atoms with E-state index < -0.39 is 10.0 Å². The number of sulfonamides is 1. The van der Waals surface area contributed by atoms with Crippen molar-refractivity contribution in [1.82, 2.24) is 9.62 Å². The van der Waals surface area contributed by atoms with Gasteiger partial charge in [-0.25, -0.2) is 13.1 Å². The first-order valence-electron chi connectivity index (χ1n) is 7.63. The molecule has 1 heterocycles. The van der Waals surface area contributed by atoms with E-state index in [0.29, 0.717) is 12.2 Å². The molecule has 1 fully saturated rings. The third kappa shape index (κ3) is 4.43. The van der Waals surface area contributed by atoms with E-state index in [1.54, 1.807) is 18.2 Å². The van der Waals surface area contributed by atoms with Gasteiger partial charge in [-0.3, -0.25) is 0 Å². The Balaban J connectivity index is 1.93. The lowest BCUT2D eigenvalue weighted by atomic mass is 10.1. The van der Waals surface area contributed by atoms with Crippen LogP contribution in [0.15, 0.2) is 23.1 Å². The van der Waals surface area contributed by atoms with Crippen molar-refractivity contribution in [2.45, 2.75) is 37.5 Å². The molecular weight excluding hydrogens is 286 g/mol. The second-order valence-corrected chi connectivity index (χ2v) is 7.28. The SMILES string of the molecule is CCc1ccc(S(=O)(=O)NCCN2CCCCC2)cc1N. The molecule has 0 bridgehead atoms. The van der Waals surface area contributed by atoms with Gasteiger partial charge in [-0.15, -0.1) is 0 Å². The first-order valence-corrected chi connectivity index (χ1v) is 9.11. The number of nitrogens with one attached hydrogen (secondary N) is 1. The van der Waals surface area contributed by atoms with Crippen LogP contribution in [0.1, 0.15) is 31.7 Å². The van der Waals surface area contributed by atoms with Gasteiger partial charge in [-0.1, -0.05) is 19.4 Å². The average Bonchev–Trinajstić information content (AvgIpc) is 2.48. The summed E-state index contributed by atoms with van der Waals surface area (Å²) in [5, 5.41) is 0. The van der Waals surface area contributed by atoms with Crippen molar-refractivity contribution >= 4 is 15.7 Å². The second kappa shape index (κ2) is 7.24. The molecule has 5 nitrogen and oxygen atoms in total. The molecule has 1 saturated heterocycles. The first kappa shape index (κ1) is 16.3. The summed E-state index contributed by atoms with van der Waals surface area (Å²) in [7, 11) is -3.47. The van der Waals surface area contributed by atoms with E-state index in [-0.39, 0.29) is 4.90 Å². The van der Waals surface area contributed by atoms with Crippen molar-refractivity contribution in [2.75, 3.05) is 31.9 Å². The molecule has 0 spiro atoms. The van der Waals surface area contributed by atoms with Gasteiger partial charge in [0.25, 0.3) is 0 Å². The van der Waals surface area contributed by atoms with Crippen LogP contribution in [0.3, 0.4) is 0 Å². The number of likely N-dealkylation sites (tertiary alicyclic amines) is 1. The monoisotopic (exact) mass is 311 g/mol. The third-order valence-corrected chi connectivity index (χ3v) is 5.44. The van der Waals surface area contributed by atoms with E-state index >= 15 is 0 Å². The maximum Gasteiger partial charge on any atom is 0.240 e. The number of aryl methyl sites for hydroxylation is 1. The summed E-state index contributed by atoms with van der Waals surface area (Å²) >= 11 is 0. The van der Waals surface area contributed by atoms with Crippen LogP contribution in [0.4, 0.5) is 5.69 Å². The molecule has 1 aliphatic heterocycles. The summed E-state index contributed by atoms with van der Waals surface area (Å²) in [6.45, 7) is 5.34. The van der Waals surface area contributed by atoms with E-state index in [0.717, 1.165) is 31.6 Å². The molecule has 0 aromatic heterocycles. The Morgan fingerprint density at radius 1 is 1.24 bits per heavy atom. The lowest BCUT2D eigenvalue weighted by Crippen LogP contribution is -2.37. The van der Waals surface area contributed by atoms with Gasteiger partial charge in [0.1, 0.15) is 0 Å². The van der Waals surface area contributed by atoms with Crippen LogP contribution in [-0.4, -0.2) is 39.5 Å². The minimum atomic E-state index is -3.47. The Morgan fingerprint density at radius 2 is 1.95 bits per heavy atom. The number of nitrogen functional groups attached to an aromatic ring is 1. The first-order chi connectivity index (χ1) is 10.0. The van der Waals surface area contributed by atoms with E-state index in [1.807, 2.05) is 6.92 Å². The summed E-state index contributed by atoms with van der Waals surface area (Å²) in [5.74, 6) is 0. The van der Waals surface area contributed by atoms with Crippen LogP contribution >= 0.6 is 0 Å². The summed E-state index contributed by atoms with van der Waals surface area (Å²) in [5.41, 5.74) is 7.39. The zero-order valence-corrected chi connectivity index (χ0v) is 13.5. The van der Waals surface area contributed by atoms with Gasteiger partial charge < -0.3 is 10.6 Å². The highest BCUT2D eigenvalue weighted by molar-refractivity contribution is 7.89. The van der Waals surface area contributed by atoms with E-state index in [2.05, 4.69) is 9.62 Å². The fourth-order valence-electron chi connectivity index (χ4n) is 2.67. The van der Waals surface area contributed by atoms with Gasteiger partial charge in [-0.05, 0) is 50.0 Å². The van der Waals surface area contributed by atoms with E-state index in [1.165, 1.54) is 19.3 Å². The molecule has 21 heavy (non-hydrogen) atoms. The molecule has 0 aliphatic carbocycles. The van der Waals surface area contributed by atoms with Crippen molar-refractivity contribution in [1.29, 1.82) is 0 Å². The topological polar surface area (TPSA) is 75.4 Å². The molecular formula is C15H25N3O2S. The number of rotatable bonds is 6. The molecule has 118 valence electrons. The Kier molecular flexibility index (Phi) is 5.61. The molecule has 2 rings (SSSR count). The molecule has 0 amide bonds. The molecule has 0 atom stereocenters. The van der Waals surface area contributed by atoms with Gasteiger partial charge in [0.2, 0.25) is 10.0 Å². The summed E-state index contributed by atoms with van der Waals surface area (Å²) < 4.78 is 27.1. The van der Waals surface area contributed by atoms with Crippen LogP contribution in [0, 0.1) is 0 Å². The van der Waals surface area contributed by atoms with E-state index in [9.17, 15) is 8.42 Å². The number of anilines is 1. The predicted octanol–water partition coefficient (Wildman–Crippen LogP) is 1.60. The van der Waals surface area contributed by atoms with Crippen LogP contribution in [-0.2, 0) is 16.4 Å². The van der Waals surface area contributed by atoms with Crippen molar-refractivity contribution in [3.63, 3.8) is 0 Å². The fraction of sp³-hybridized carbons (Fsp3) is 0.600. The van der Waals surface area contributed by atoms with Gasteiger partial charge in [0.05, 0.1) is 4.90 Å². The Hall–Kier alpha value is -1.11. The number of piperidine rings is 1. The number of hydrogen-bond acceptors (Lipinski definition) is 4. The molecule has 0 radical (unpaired) electrons. The third-order valence-electron chi connectivity index (χ3n) is 3.98. The van der Waals surface area contributed by atoms with Crippen LogP contribution in [0.25, 0.3) is 0 Å². The van der Waals surface area contributed by atoms with Crippen LogP contribution in [0.2, 0.25) is 0 Å². The fourth-order valence-corrected chi connectivity index (χ4v) is 3.72. The van der Waals surface area contributed by atoms with Crippen LogP contribution < -0.4 is 10.5 Å². The number of nitrogens with two attached hydrogens (primary N) is 1.